The van der Waals surface area contributed by atoms with E-state index in [-0.39, 0.29) is 6.42 Å². The maximum atomic E-state index is 11.9. The molecule has 0 aliphatic heterocycles. The van der Waals surface area contributed by atoms with Gasteiger partial charge in [-0.3, -0.25) is 0 Å². The summed E-state index contributed by atoms with van der Waals surface area (Å²) in [6.07, 6.45) is -4.57. The highest BCUT2D eigenvalue weighted by atomic mass is 35.5. The third-order valence-corrected chi connectivity index (χ3v) is 2.46. The molecule has 90 valence electrons. The Labute approximate surface area is 97.4 Å². The van der Waals surface area contributed by atoms with Crippen molar-refractivity contribution in [2.45, 2.75) is 31.5 Å². The fourth-order valence-corrected chi connectivity index (χ4v) is 1.50. The van der Waals surface area contributed by atoms with Crippen LogP contribution in [-0.4, -0.2) is 12.2 Å². The van der Waals surface area contributed by atoms with E-state index in [2.05, 4.69) is 0 Å². The molecule has 0 radical (unpaired) electrons. The number of alkyl halides is 3. The van der Waals surface area contributed by atoms with E-state index in [0.29, 0.717) is 11.4 Å². The van der Waals surface area contributed by atoms with E-state index in [1.54, 1.807) is 24.3 Å². The monoisotopic (exact) mass is 251 g/mol. The van der Waals surface area contributed by atoms with Gasteiger partial charge in [0.2, 0.25) is 0 Å². The lowest BCUT2D eigenvalue weighted by Crippen LogP contribution is -2.25. The van der Waals surface area contributed by atoms with Crippen LogP contribution in [0.1, 0.15) is 18.4 Å². The second-order valence-electron chi connectivity index (χ2n) is 3.74. The van der Waals surface area contributed by atoms with Crippen molar-refractivity contribution in [3.8, 4) is 0 Å². The van der Waals surface area contributed by atoms with Gasteiger partial charge in [-0.05, 0) is 30.5 Å². The average Bonchev–Trinajstić information content (AvgIpc) is 2.18. The molecule has 0 fully saturated rings. The Bertz CT molecular complexity index is 321. The second kappa shape index (κ2) is 5.55. The minimum Gasteiger partial charge on any atom is -0.327 e. The Hall–Kier alpha value is -0.740. The first-order valence-electron chi connectivity index (χ1n) is 4.93. The van der Waals surface area contributed by atoms with Crippen molar-refractivity contribution in [1.82, 2.24) is 0 Å². The summed E-state index contributed by atoms with van der Waals surface area (Å²) >= 11 is 5.69. The number of hydrogen-bond acceptors (Lipinski definition) is 1. The van der Waals surface area contributed by atoms with Crippen molar-refractivity contribution >= 4 is 11.6 Å². The molecular weight excluding hydrogens is 239 g/mol. The van der Waals surface area contributed by atoms with Gasteiger partial charge in [-0.2, -0.15) is 13.2 Å². The van der Waals surface area contributed by atoms with Crippen LogP contribution in [0.4, 0.5) is 13.2 Å². The molecule has 1 aromatic carbocycles. The Morgan fingerprint density at radius 1 is 1.19 bits per heavy atom. The Balaban J connectivity index is 2.39. The Morgan fingerprint density at radius 3 is 2.25 bits per heavy atom. The first kappa shape index (κ1) is 13.3. The second-order valence-corrected chi connectivity index (χ2v) is 4.18. The summed E-state index contributed by atoms with van der Waals surface area (Å²) in [6, 6.07) is 6.48. The third-order valence-electron chi connectivity index (χ3n) is 2.21. The van der Waals surface area contributed by atoms with Gasteiger partial charge < -0.3 is 5.73 Å². The lowest BCUT2D eigenvalue weighted by molar-refractivity contribution is -0.136. The number of halogens is 4. The summed E-state index contributed by atoms with van der Waals surface area (Å²) in [6.45, 7) is 0. The fraction of sp³-hybridized carbons (Fsp3) is 0.455. The van der Waals surface area contributed by atoms with Crippen LogP contribution in [0.3, 0.4) is 0 Å². The minimum absolute atomic E-state index is 0.0495. The van der Waals surface area contributed by atoms with Crippen LogP contribution < -0.4 is 5.73 Å². The third kappa shape index (κ3) is 5.37. The molecule has 0 bridgehead atoms. The van der Waals surface area contributed by atoms with E-state index in [0.717, 1.165) is 5.56 Å². The average molecular weight is 252 g/mol. The predicted molar refractivity (Wildman–Crippen MR) is 58.4 cm³/mol. The fourth-order valence-electron chi connectivity index (χ4n) is 1.37. The van der Waals surface area contributed by atoms with Crippen LogP contribution in [0.2, 0.25) is 5.02 Å². The van der Waals surface area contributed by atoms with Crippen molar-refractivity contribution in [3.63, 3.8) is 0 Å². The van der Waals surface area contributed by atoms with Gasteiger partial charge in [0.1, 0.15) is 0 Å². The molecule has 1 unspecified atom stereocenters. The molecule has 0 amide bonds. The molecule has 0 aliphatic rings. The van der Waals surface area contributed by atoms with Gasteiger partial charge in [-0.25, -0.2) is 0 Å². The zero-order valence-corrected chi connectivity index (χ0v) is 9.35. The van der Waals surface area contributed by atoms with Crippen LogP contribution >= 0.6 is 11.6 Å². The van der Waals surface area contributed by atoms with Crippen molar-refractivity contribution in [2.24, 2.45) is 5.73 Å². The normalized spacial score (nSPS) is 13.8. The molecular formula is C11H13ClF3N. The van der Waals surface area contributed by atoms with Crippen molar-refractivity contribution in [2.75, 3.05) is 0 Å². The molecule has 16 heavy (non-hydrogen) atoms. The molecule has 0 aromatic heterocycles. The molecule has 2 N–H and O–H groups in total. The van der Waals surface area contributed by atoms with Gasteiger partial charge in [-0.15, -0.1) is 0 Å². The SMILES string of the molecule is NC(CCC(F)(F)F)Cc1ccc(Cl)cc1. The highest BCUT2D eigenvalue weighted by Crippen LogP contribution is 2.22. The molecule has 5 heteroatoms. The van der Waals surface area contributed by atoms with Crippen LogP contribution in [0, 0.1) is 0 Å². The summed E-state index contributed by atoms with van der Waals surface area (Å²) in [4.78, 5) is 0. The zero-order chi connectivity index (χ0) is 12.2. The standard InChI is InChI=1S/C11H13ClF3N/c12-9-3-1-8(2-4-9)7-10(16)5-6-11(13,14)15/h1-4,10H,5-7,16H2. The maximum Gasteiger partial charge on any atom is 0.389 e. The molecule has 0 spiro atoms. The molecule has 1 rings (SSSR count). The van der Waals surface area contributed by atoms with E-state index in [4.69, 9.17) is 17.3 Å². The highest BCUT2D eigenvalue weighted by molar-refractivity contribution is 6.30. The topological polar surface area (TPSA) is 26.0 Å². The molecule has 0 heterocycles. The predicted octanol–water partition coefficient (Wildman–Crippen LogP) is 3.55. The number of benzene rings is 1. The number of rotatable bonds is 4. The maximum absolute atomic E-state index is 11.9. The summed E-state index contributed by atoms with van der Waals surface area (Å²) in [7, 11) is 0. The molecule has 1 atom stereocenters. The lowest BCUT2D eigenvalue weighted by atomic mass is 10.0. The molecule has 0 saturated carbocycles. The van der Waals surface area contributed by atoms with Crippen molar-refractivity contribution in [1.29, 1.82) is 0 Å². The van der Waals surface area contributed by atoms with Crippen molar-refractivity contribution < 1.29 is 13.2 Å². The van der Waals surface area contributed by atoms with E-state index >= 15 is 0 Å². The van der Waals surface area contributed by atoms with Crippen LogP contribution in [0.15, 0.2) is 24.3 Å². The first-order chi connectivity index (χ1) is 7.37. The summed E-state index contributed by atoms with van der Waals surface area (Å²) in [5.41, 5.74) is 6.52. The van der Waals surface area contributed by atoms with Crippen molar-refractivity contribution in [3.05, 3.63) is 34.9 Å². The van der Waals surface area contributed by atoms with Crippen LogP contribution in [0.5, 0.6) is 0 Å². The van der Waals surface area contributed by atoms with Gasteiger partial charge >= 0.3 is 6.18 Å². The van der Waals surface area contributed by atoms with Gasteiger partial charge in [-0.1, -0.05) is 23.7 Å². The van der Waals surface area contributed by atoms with E-state index in [9.17, 15) is 13.2 Å². The lowest BCUT2D eigenvalue weighted by Gasteiger charge is -2.13. The zero-order valence-electron chi connectivity index (χ0n) is 8.60. The van der Waals surface area contributed by atoms with Gasteiger partial charge in [0.05, 0.1) is 0 Å². The number of hydrogen-bond donors (Lipinski definition) is 1. The first-order valence-corrected chi connectivity index (χ1v) is 5.31. The molecule has 0 aliphatic carbocycles. The Kier molecular flexibility index (Phi) is 4.62. The molecule has 1 aromatic rings. The van der Waals surface area contributed by atoms with Gasteiger partial charge in [0.25, 0.3) is 0 Å². The summed E-state index contributed by atoms with van der Waals surface area (Å²) in [5.74, 6) is 0. The van der Waals surface area contributed by atoms with Gasteiger partial charge in [0, 0.05) is 17.5 Å². The molecule has 1 nitrogen and oxygen atoms in total. The van der Waals surface area contributed by atoms with E-state index in [1.165, 1.54) is 0 Å². The smallest absolute Gasteiger partial charge is 0.327 e. The summed E-state index contributed by atoms with van der Waals surface area (Å²) in [5, 5.41) is 0.604. The quantitative estimate of drug-likeness (QED) is 0.870. The molecule has 0 saturated heterocycles. The van der Waals surface area contributed by atoms with E-state index in [1.807, 2.05) is 0 Å². The van der Waals surface area contributed by atoms with Crippen LogP contribution in [-0.2, 0) is 6.42 Å². The van der Waals surface area contributed by atoms with Gasteiger partial charge in [0.15, 0.2) is 0 Å². The highest BCUT2D eigenvalue weighted by Gasteiger charge is 2.27. The van der Waals surface area contributed by atoms with Crippen LogP contribution in [0.25, 0.3) is 0 Å². The number of nitrogens with two attached hydrogens (primary N) is 1. The summed E-state index contributed by atoms with van der Waals surface area (Å²) < 4.78 is 35.8. The largest absolute Gasteiger partial charge is 0.389 e. The Morgan fingerprint density at radius 2 is 1.75 bits per heavy atom. The van der Waals surface area contributed by atoms with E-state index < -0.39 is 18.6 Å². The minimum atomic E-state index is -4.13.